The Morgan fingerprint density at radius 3 is 2.74 bits per heavy atom. The van der Waals surface area contributed by atoms with Gasteiger partial charge in [-0.15, -0.1) is 5.10 Å². The highest BCUT2D eigenvalue weighted by molar-refractivity contribution is 5.87. The molecule has 1 fully saturated rings. The zero-order valence-corrected chi connectivity index (χ0v) is 10.8. The molecule has 0 bridgehead atoms. The first-order chi connectivity index (χ1) is 9.20. The Bertz CT molecular complexity index is 612. The number of hydrogen-bond donors (Lipinski definition) is 0. The third kappa shape index (κ3) is 1.93. The van der Waals surface area contributed by atoms with E-state index < -0.39 is 5.97 Å². The van der Waals surface area contributed by atoms with E-state index in [1.807, 2.05) is 4.90 Å². The van der Waals surface area contributed by atoms with E-state index in [4.69, 9.17) is 9.15 Å². The predicted molar refractivity (Wildman–Crippen MR) is 64.4 cm³/mol. The van der Waals surface area contributed by atoms with E-state index in [2.05, 4.69) is 14.8 Å². The van der Waals surface area contributed by atoms with Crippen LogP contribution >= 0.6 is 0 Å². The Morgan fingerprint density at radius 1 is 1.37 bits per heavy atom. The van der Waals surface area contributed by atoms with Crippen LogP contribution in [-0.2, 0) is 9.47 Å². The number of fused-ring (bicyclic) bond motifs is 1. The molecule has 0 aromatic carbocycles. The predicted octanol–water partition coefficient (Wildman–Crippen LogP) is 0.254. The van der Waals surface area contributed by atoms with Gasteiger partial charge in [0.1, 0.15) is 0 Å². The van der Waals surface area contributed by atoms with Crippen LogP contribution in [0.1, 0.15) is 16.2 Å². The molecular weight excluding hydrogens is 252 g/mol. The lowest BCUT2D eigenvalue weighted by molar-refractivity contribution is 0.0566. The highest BCUT2D eigenvalue weighted by Gasteiger charge is 2.23. The maximum Gasteiger partial charge on any atom is 0.376 e. The number of anilines is 1. The molecule has 19 heavy (non-hydrogen) atoms. The third-order valence-corrected chi connectivity index (χ3v) is 3.07. The number of ether oxygens (including phenoxy) is 2. The van der Waals surface area contributed by atoms with E-state index in [0.29, 0.717) is 30.7 Å². The molecule has 0 radical (unpaired) electrons. The minimum atomic E-state index is -0.530. The van der Waals surface area contributed by atoms with Gasteiger partial charge in [0.25, 0.3) is 0 Å². The first kappa shape index (κ1) is 12.0. The smallest absolute Gasteiger partial charge is 0.376 e. The van der Waals surface area contributed by atoms with Gasteiger partial charge < -0.3 is 18.8 Å². The fourth-order valence-electron chi connectivity index (χ4n) is 2.01. The molecule has 102 valence electrons. The summed E-state index contributed by atoms with van der Waals surface area (Å²) in [6.07, 6.45) is 0. The molecule has 3 rings (SSSR count). The fourth-order valence-corrected chi connectivity index (χ4v) is 2.01. The van der Waals surface area contributed by atoms with E-state index in [9.17, 15) is 4.79 Å². The number of nitrogens with zero attached hydrogens (tertiary/aromatic N) is 4. The SMILES string of the molecule is COC(=O)c1oc2nc(N3CCOCC3)nn2c1C. The van der Waals surface area contributed by atoms with E-state index in [1.165, 1.54) is 11.6 Å². The van der Waals surface area contributed by atoms with E-state index in [-0.39, 0.29) is 5.76 Å². The first-order valence-corrected chi connectivity index (χ1v) is 5.98. The second-order valence-corrected chi connectivity index (χ2v) is 4.21. The van der Waals surface area contributed by atoms with Gasteiger partial charge in [-0.2, -0.15) is 9.50 Å². The lowest BCUT2D eigenvalue weighted by Gasteiger charge is -2.25. The molecule has 3 heterocycles. The summed E-state index contributed by atoms with van der Waals surface area (Å²) in [4.78, 5) is 17.8. The monoisotopic (exact) mass is 266 g/mol. The van der Waals surface area contributed by atoms with Crippen molar-refractivity contribution in [3.63, 3.8) is 0 Å². The van der Waals surface area contributed by atoms with E-state index >= 15 is 0 Å². The Morgan fingerprint density at radius 2 is 2.11 bits per heavy atom. The zero-order chi connectivity index (χ0) is 13.4. The molecule has 0 saturated carbocycles. The van der Waals surface area contributed by atoms with Gasteiger partial charge in [0.15, 0.2) is 0 Å². The van der Waals surface area contributed by atoms with Gasteiger partial charge in [0.2, 0.25) is 11.7 Å². The summed E-state index contributed by atoms with van der Waals surface area (Å²) in [5, 5.41) is 4.35. The highest BCUT2D eigenvalue weighted by atomic mass is 16.5. The standard InChI is InChI=1S/C11H14N4O4/c1-7-8(9(16)17-2)19-11-12-10(13-15(7)11)14-3-5-18-6-4-14/h3-6H2,1-2H3. The molecule has 0 aliphatic carbocycles. The maximum absolute atomic E-state index is 11.5. The number of hydrogen-bond acceptors (Lipinski definition) is 7. The van der Waals surface area contributed by atoms with Gasteiger partial charge in [-0.3, -0.25) is 0 Å². The van der Waals surface area contributed by atoms with Crippen LogP contribution < -0.4 is 4.90 Å². The van der Waals surface area contributed by atoms with Crippen LogP contribution in [0.15, 0.2) is 4.42 Å². The largest absolute Gasteiger partial charge is 0.463 e. The molecular formula is C11H14N4O4. The van der Waals surface area contributed by atoms with E-state index in [0.717, 1.165) is 13.1 Å². The van der Waals surface area contributed by atoms with Crippen LogP contribution in [0.2, 0.25) is 0 Å². The summed E-state index contributed by atoms with van der Waals surface area (Å²) in [5.41, 5.74) is 0.578. The van der Waals surface area contributed by atoms with Crippen molar-refractivity contribution in [3.8, 4) is 0 Å². The minimum Gasteiger partial charge on any atom is -0.463 e. The maximum atomic E-state index is 11.5. The molecule has 0 atom stereocenters. The normalized spacial score (nSPS) is 16.0. The van der Waals surface area contributed by atoms with Gasteiger partial charge in [-0.1, -0.05) is 0 Å². The molecule has 1 saturated heterocycles. The van der Waals surface area contributed by atoms with Gasteiger partial charge in [0.05, 0.1) is 26.0 Å². The van der Waals surface area contributed by atoms with Crippen LogP contribution in [0, 0.1) is 6.92 Å². The molecule has 2 aromatic rings. The van der Waals surface area contributed by atoms with Crippen LogP contribution in [-0.4, -0.2) is 54.0 Å². The van der Waals surface area contributed by atoms with Crippen LogP contribution in [0.5, 0.6) is 0 Å². The lowest BCUT2D eigenvalue weighted by Crippen LogP contribution is -2.37. The quantitative estimate of drug-likeness (QED) is 0.721. The second kappa shape index (κ2) is 4.54. The molecule has 1 aliphatic heterocycles. The lowest BCUT2D eigenvalue weighted by atomic mass is 10.4. The van der Waals surface area contributed by atoms with Crippen molar-refractivity contribution in [3.05, 3.63) is 11.5 Å². The third-order valence-electron chi connectivity index (χ3n) is 3.07. The van der Waals surface area contributed by atoms with Gasteiger partial charge in [-0.05, 0) is 6.92 Å². The van der Waals surface area contributed by atoms with Crippen LogP contribution in [0.3, 0.4) is 0 Å². The van der Waals surface area contributed by atoms with Crippen molar-refractivity contribution in [2.45, 2.75) is 6.92 Å². The average molecular weight is 266 g/mol. The Kier molecular flexibility index (Phi) is 2.86. The summed E-state index contributed by atoms with van der Waals surface area (Å²) in [7, 11) is 1.31. The molecule has 8 heteroatoms. The molecule has 0 unspecified atom stereocenters. The zero-order valence-electron chi connectivity index (χ0n) is 10.8. The number of rotatable bonds is 2. The summed E-state index contributed by atoms with van der Waals surface area (Å²) in [6.45, 7) is 4.55. The number of aromatic nitrogens is 3. The number of esters is 1. The minimum absolute atomic E-state index is 0.131. The number of morpholine rings is 1. The number of aryl methyl sites for hydroxylation is 1. The van der Waals surface area contributed by atoms with E-state index in [1.54, 1.807) is 6.92 Å². The number of oxazole rings is 1. The topological polar surface area (TPSA) is 82.1 Å². The summed E-state index contributed by atoms with van der Waals surface area (Å²) in [5.74, 6) is 0.477. The first-order valence-electron chi connectivity index (χ1n) is 5.98. The fraction of sp³-hybridized carbons (Fsp3) is 0.545. The molecule has 2 aromatic heterocycles. The Hall–Kier alpha value is -2.09. The van der Waals surface area contributed by atoms with Crippen molar-refractivity contribution >= 4 is 17.8 Å². The second-order valence-electron chi connectivity index (χ2n) is 4.21. The van der Waals surface area contributed by atoms with Gasteiger partial charge in [0, 0.05) is 13.1 Å². The number of carbonyl (C=O) groups is 1. The summed E-state index contributed by atoms with van der Waals surface area (Å²) >= 11 is 0. The molecule has 8 nitrogen and oxygen atoms in total. The Labute approximate surface area is 108 Å². The molecule has 0 N–H and O–H groups in total. The van der Waals surface area contributed by atoms with Crippen molar-refractivity contribution in [1.82, 2.24) is 14.6 Å². The highest BCUT2D eigenvalue weighted by Crippen LogP contribution is 2.19. The Balaban J connectivity index is 1.96. The van der Waals surface area contributed by atoms with Crippen LogP contribution in [0.4, 0.5) is 5.95 Å². The summed E-state index contributed by atoms with van der Waals surface area (Å²) in [6, 6.07) is 0. The summed E-state index contributed by atoms with van der Waals surface area (Å²) < 4.78 is 16.8. The number of carbonyl (C=O) groups excluding carboxylic acids is 1. The van der Waals surface area contributed by atoms with Gasteiger partial charge >= 0.3 is 11.8 Å². The molecule has 1 aliphatic rings. The van der Waals surface area contributed by atoms with Crippen molar-refractivity contribution in [2.24, 2.45) is 0 Å². The van der Waals surface area contributed by atoms with Crippen molar-refractivity contribution in [1.29, 1.82) is 0 Å². The van der Waals surface area contributed by atoms with Gasteiger partial charge in [-0.25, -0.2) is 4.79 Å². The van der Waals surface area contributed by atoms with Crippen LogP contribution in [0.25, 0.3) is 5.84 Å². The molecule has 0 amide bonds. The number of methoxy groups -OCH3 is 1. The van der Waals surface area contributed by atoms with Crippen molar-refractivity contribution in [2.75, 3.05) is 38.3 Å². The molecule has 0 spiro atoms. The average Bonchev–Trinajstić information content (AvgIpc) is 2.99. The van der Waals surface area contributed by atoms with Crippen molar-refractivity contribution < 1.29 is 18.7 Å².